The predicted molar refractivity (Wildman–Crippen MR) is 266 cm³/mol. The average molecular weight is 815 g/mol. The van der Waals surface area contributed by atoms with Gasteiger partial charge in [-0.15, -0.1) is 0 Å². The Morgan fingerprint density at radius 3 is 1.87 bits per heavy atom. The van der Waals surface area contributed by atoms with E-state index in [0.717, 1.165) is 41.9 Å². The molecule has 0 aromatic heterocycles. The third-order valence-electron chi connectivity index (χ3n) is 13.8. The maximum Gasteiger partial charge on any atom is 0.156 e. The van der Waals surface area contributed by atoms with Crippen LogP contribution >= 0.6 is 0 Å². The van der Waals surface area contributed by atoms with Crippen molar-refractivity contribution >= 4 is 17.1 Å². The Hall–Kier alpha value is -6.90. The average Bonchev–Trinajstić information content (AvgIpc) is 3.64. The van der Waals surface area contributed by atoms with Gasteiger partial charge in [0.25, 0.3) is 0 Å². The van der Waals surface area contributed by atoms with Crippen LogP contribution in [-0.4, -0.2) is 11.5 Å². The van der Waals surface area contributed by atoms with Gasteiger partial charge in [0, 0.05) is 5.56 Å². The number of amidine groups is 1. The maximum atomic E-state index is 5.83. The number of fused-ring (bicyclic) bond motifs is 3. The summed E-state index contributed by atoms with van der Waals surface area (Å²) in [5, 5.41) is 0. The molecule has 3 aliphatic rings. The molecule has 1 heterocycles. The molecule has 0 amide bonds. The lowest BCUT2D eigenvalue weighted by Crippen LogP contribution is -2.28. The smallest absolute Gasteiger partial charge is 0.156 e. The molecule has 0 spiro atoms. The lowest BCUT2D eigenvalue weighted by molar-refractivity contribution is 0.446. The predicted octanol–water partition coefficient (Wildman–Crippen LogP) is 15.4. The van der Waals surface area contributed by atoms with Crippen molar-refractivity contribution in [1.29, 1.82) is 0 Å². The minimum absolute atomic E-state index is 0.0919. The molecule has 10 rings (SSSR count). The standard InChI is InChI=1S/C61H54N2/c1-41-30-31-42(2)44(4)39-50(38-41)46-35-33-45(34-36-46)48-20-16-21-49(40-48)59-43(3)32-37-57(47-18-8-5-9-19-47)62-60(63-59)54-27-17-29-56-58(54)53-26-14-15-28-55(53)61(56,51-22-10-6-11-23-51)52-24-12-7-13-25-52/h5-30,33-36,38-40,42-43,59H,31-32,37H2,1-4H3/b41-30+,44-39-,50-38+,62-57+,63-60-. The topological polar surface area (TPSA) is 24.7 Å². The Morgan fingerprint density at radius 1 is 0.540 bits per heavy atom. The van der Waals surface area contributed by atoms with E-state index in [4.69, 9.17) is 9.98 Å². The number of hydrogen-bond donors (Lipinski definition) is 0. The van der Waals surface area contributed by atoms with Gasteiger partial charge >= 0.3 is 0 Å². The molecular weight excluding hydrogens is 761 g/mol. The maximum absolute atomic E-state index is 5.83. The summed E-state index contributed by atoms with van der Waals surface area (Å²) in [6.07, 6.45) is 9.99. The van der Waals surface area contributed by atoms with E-state index >= 15 is 0 Å². The minimum Gasteiger partial charge on any atom is -0.258 e. The van der Waals surface area contributed by atoms with Crippen LogP contribution in [0, 0.1) is 11.8 Å². The number of rotatable bonds is 7. The molecule has 7 aromatic rings. The van der Waals surface area contributed by atoms with Crippen LogP contribution in [0.1, 0.15) is 97.5 Å². The quantitative estimate of drug-likeness (QED) is 0.153. The first-order valence-corrected chi connectivity index (χ1v) is 22.7. The Bertz CT molecular complexity index is 2910. The van der Waals surface area contributed by atoms with Crippen molar-refractivity contribution in [2.45, 2.75) is 58.4 Å². The van der Waals surface area contributed by atoms with Crippen molar-refractivity contribution in [3.8, 4) is 22.3 Å². The van der Waals surface area contributed by atoms with Gasteiger partial charge in [-0.3, -0.25) is 4.99 Å². The third kappa shape index (κ3) is 7.48. The highest BCUT2D eigenvalue weighted by Gasteiger charge is 2.47. The fraction of sp³-hybridized carbons (Fsp3) is 0.180. The van der Waals surface area contributed by atoms with Gasteiger partial charge in [-0.25, -0.2) is 4.99 Å². The summed E-state index contributed by atoms with van der Waals surface area (Å²) >= 11 is 0. The highest BCUT2D eigenvalue weighted by atomic mass is 15.0. The zero-order chi connectivity index (χ0) is 42.9. The molecule has 2 heteroatoms. The van der Waals surface area contributed by atoms with Crippen LogP contribution in [0.5, 0.6) is 0 Å². The van der Waals surface area contributed by atoms with Gasteiger partial charge in [-0.2, -0.15) is 0 Å². The first-order chi connectivity index (χ1) is 30.9. The molecule has 63 heavy (non-hydrogen) atoms. The van der Waals surface area contributed by atoms with Gasteiger partial charge < -0.3 is 0 Å². The van der Waals surface area contributed by atoms with Gasteiger partial charge in [-0.05, 0) is 118 Å². The first-order valence-electron chi connectivity index (χ1n) is 22.7. The Balaban J connectivity index is 1.12. The van der Waals surface area contributed by atoms with Gasteiger partial charge in [0.1, 0.15) is 0 Å². The molecule has 308 valence electrons. The monoisotopic (exact) mass is 814 g/mol. The number of aliphatic imine (C=N–C) groups is 2. The van der Waals surface area contributed by atoms with Gasteiger partial charge in [0.15, 0.2) is 5.84 Å². The zero-order valence-electron chi connectivity index (χ0n) is 36.8. The molecule has 3 unspecified atom stereocenters. The van der Waals surface area contributed by atoms with Gasteiger partial charge in [0.05, 0.1) is 17.2 Å². The molecule has 2 aliphatic carbocycles. The molecule has 0 saturated carbocycles. The summed E-state index contributed by atoms with van der Waals surface area (Å²) < 4.78 is 0. The Labute approximate surface area is 373 Å². The highest BCUT2D eigenvalue weighted by molar-refractivity contribution is 6.16. The van der Waals surface area contributed by atoms with E-state index in [1.54, 1.807) is 0 Å². The molecule has 0 bridgehead atoms. The SMILES string of the molecule is C/C1=C/C(c2ccc(-c3cccc(C4/N=C(c5cccc6c5-c5ccccc5C6(c5ccccc5)c5ccccc5)\N=C(\c5ccccc5)CCC4C)c3)cc2)=C\C(C)=C\CC1C. The fourth-order valence-electron chi connectivity index (χ4n) is 10.3. The second kappa shape index (κ2) is 17.1. The van der Waals surface area contributed by atoms with E-state index in [0.29, 0.717) is 5.92 Å². The van der Waals surface area contributed by atoms with Gasteiger partial charge in [0.2, 0.25) is 0 Å². The minimum atomic E-state index is -0.510. The normalized spacial score (nSPS) is 23.5. The van der Waals surface area contributed by atoms with E-state index < -0.39 is 5.41 Å². The first kappa shape index (κ1) is 40.2. The van der Waals surface area contributed by atoms with E-state index in [1.165, 1.54) is 72.4 Å². The lowest BCUT2D eigenvalue weighted by atomic mass is 9.67. The van der Waals surface area contributed by atoms with Crippen LogP contribution < -0.4 is 0 Å². The molecule has 2 nitrogen and oxygen atoms in total. The van der Waals surface area contributed by atoms with Crippen molar-refractivity contribution in [1.82, 2.24) is 0 Å². The van der Waals surface area contributed by atoms with E-state index in [9.17, 15) is 0 Å². The second-order valence-corrected chi connectivity index (χ2v) is 17.9. The van der Waals surface area contributed by atoms with Crippen LogP contribution in [-0.2, 0) is 5.41 Å². The highest BCUT2D eigenvalue weighted by Crippen LogP contribution is 2.57. The zero-order valence-corrected chi connectivity index (χ0v) is 36.8. The summed E-state index contributed by atoms with van der Waals surface area (Å²) in [7, 11) is 0. The van der Waals surface area contributed by atoms with Crippen LogP contribution in [0.3, 0.4) is 0 Å². The number of hydrogen-bond acceptors (Lipinski definition) is 2. The van der Waals surface area contributed by atoms with Crippen molar-refractivity contribution in [3.05, 3.63) is 256 Å². The van der Waals surface area contributed by atoms with Crippen LogP contribution in [0.2, 0.25) is 0 Å². The number of allylic oxidation sites excluding steroid dienone is 6. The summed E-state index contributed by atoms with van der Waals surface area (Å²) in [4.78, 5) is 11.5. The second-order valence-electron chi connectivity index (χ2n) is 17.9. The number of nitrogens with zero attached hydrogens (tertiary/aromatic N) is 2. The van der Waals surface area contributed by atoms with Crippen LogP contribution in [0.4, 0.5) is 0 Å². The molecule has 7 aromatic carbocycles. The largest absolute Gasteiger partial charge is 0.258 e. The van der Waals surface area contributed by atoms with Crippen LogP contribution in [0.15, 0.2) is 221 Å². The third-order valence-corrected chi connectivity index (χ3v) is 13.8. The van der Waals surface area contributed by atoms with Crippen molar-refractivity contribution in [3.63, 3.8) is 0 Å². The van der Waals surface area contributed by atoms with Crippen molar-refractivity contribution in [2.75, 3.05) is 0 Å². The fourth-order valence-corrected chi connectivity index (χ4v) is 10.3. The van der Waals surface area contributed by atoms with E-state index in [2.05, 4.69) is 228 Å². The van der Waals surface area contributed by atoms with Crippen molar-refractivity contribution in [2.24, 2.45) is 21.8 Å². The van der Waals surface area contributed by atoms with Gasteiger partial charge in [-0.1, -0.05) is 219 Å². The van der Waals surface area contributed by atoms with Crippen LogP contribution in [0.25, 0.3) is 27.8 Å². The molecular formula is C61H54N2. The summed E-state index contributed by atoms with van der Waals surface area (Å²) in [6, 6.07) is 66.7. The Morgan fingerprint density at radius 2 is 1.14 bits per heavy atom. The van der Waals surface area contributed by atoms with E-state index in [1.807, 2.05) is 0 Å². The summed E-state index contributed by atoms with van der Waals surface area (Å²) in [6.45, 7) is 9.17. The Kier molecular flexibility index (Phi) is 10.9. The molecule has 0 radical (unpaired) electrons. The molecule has 0 fully saturated rings. The molecule has 3 atom stereocenters. The summed E-state index contributed by atoms with van der Waals surface area (Å²) in [5.41, 5.74) is 19.2. The molecule has 0 saturated heterocycles. The molecule has 1 aliphatic heterocycles. The number of benzene rings is 7. The van der Waals surface area contributed by atoms with Crippen molar-refractivity contribution < 1.29 is 0 Å². The lowest BCUT2D eigenvalue weighted by Gasteiger charge is -2.34. The molecule has 0 N–H and O–H groups in total. The summed E-state index contributed by atoms with van der Waals surface area (Å²) in [5.74, 6) is 1.60. The van der Waals surface area contributed by atoms with E-state index in [-0.39, 0.29) is 12.0 Å².